The number of carbonyl (C=O) groups excluding carboxylic acids is 1. The third kappa shape index (κ3) is 4.48. The average molecular weight is 266 g/mol. The Morgan fingerprint density at radius 2 is 2.00 bits per heavy atom. The SMILES string of the molecule is CC(C)C1CCN(C(=O)CCC2CCCNC2)CC1. The quantitative estimate of drug-likeness (QED) is 0.848. The van der Waals surface area contributed by atoms with Gasteiger partial charge in [-0.3, -0.25) is 4.79 Å². The van der Waals surface area contributed by atoms with Crippen LogP contribution in [0, 0.1) is 17.8 Å². The van der Waals surface area contributed by atoms with E-state index >= 15 is 0 Å². The number of nitrogens with zero attached hydrogens (tertiary/aromatic N) is 1. The molecule has 2 aliphatic rings. The van der Waals surface area contributed by atoms with Crippen LogP contribution in [0.3, 0.4) is 0 Å². The molecular weight excluding hydrogens is 236 g/mol. The van der Waals surface area contributed by atoms with E-state index in [0.717, 1.165) is 56.8 Å². The van der Waals surface area contributed by atoms with Crippen molar-refractivity contribution >= 4 is 5.91 Å². The number of amides is 1. The lowest BCUT2D eigenvalue weighted by molar-refractivity contribution is -0.133. The number of nitrogens with one attached hydrogen (secondary N) is 1. The molecule has 2 fully saturated rings. The minimum absolute atomic E-state index is 0.396. The fourth-order valence-electron chi connectivity index (χ4n) is 3.47. The summed E-state index contributed by atoms with van der Waals surface area (Å²) >= 11 is 0. The first kappa shape index (κ1) is 14.8. The molecular formula is C16H30N2O. The summed E-state index contributed by atoms with van der Waals surface area (Å²) in [6.07, 6.45) is 6.83. The van der Waals surface area contributed by atoms with Gasteiger partial charge in [0.25, 0.3) is 0 Å². The van der Waals surface area contributed by atoms with Gasteiger partial charge in [-0.15, -0.1) is 0 Å². The lowest BCUT2D eigenvalue weighted by Gasteiger charge is -2.34. The molecule has 19 heavy (non-hydrogen) atoms. The second kappa shape index (κ2) is 7.28. The van der Waals surface area contributed by atoms with Gasteiger partial charge in [0.2, 0.25) is 5.91 Å². The van der Waals surface area contributed by atoms with Gasteiger partial charge in [-0.25, -0.2) is 0 Å². The summed E-state index contributed by atoms with van der Waals surface area (Å²) in [4.78, 5) is 14.3. The molecule has 1 atom stereocenters. The van der Waals surface area contributed by atoms with Crippen molar-refractivity contribution < 1.29 is 4.79 Å². The zero-order valence-electron chi connectivity index (χ0n) is 12.7. The fraction of sp³-hybridized carbons (Fsp3) is 0.938. The maximum absolute atomic E-state index is 12.2. The number of hydrogen-bond donors (Lipinski definition) is 1. The second-order valence-electron chi connectivity index (χ2n) is 6.71. The predicted molar refractivity (Wildman–Crippen MR) is 79.0 cm³/mol. The average Bonchev–Trinajstić information content (AvgIpc) is 2.46. The van der Waals surface area contributed by atoms with Crippen molar-refractivity contribution in [2.45, 2.75) is 52.4 Å². The molecule has 1 unspecified atom stereocenters. The molecule has 0 bridgehead atoms. The van der Waals surface area contributed by atoms with E-state index in [4.69, 9.17) is 0 Å². The Morgan fingerprint density at radius 1 is 1.26 bits per heavy atom. The highest BCUT2D eigenvalue weighted by Crippen LogP contribution is 2.25. The zero-order valence-corrected chi connectivity index (χ0v) is 12.7. The molecule has 1 amide bonds. The van der Waals surface area contributed by atoms with Gasteiger partial charge in [-0.1, -0.05) is 13.8 Å². The normalized spacial score (nSPS) is 25.8. The summed E-state index contributed by atoms with van der Waals surface area (Å²) in [6, 6.07) is 0. The highest BCUT2D eigenvalue weighted by atomic mass is 16.2. The van der Waals surface area contributed by atoms with E-state index in [1.54, 1.807) is 0 Å². The van der Waals surface area contributed by atoms with Crippen molar-refractivity contribution in [3.8, 4) is 0 Å². The Labute approximate surface area is 118 Å². The van der Waals surface area contributed by atoms with E-state index in [1.165, 1.54) is 25.7 Å². The molecule has 2 aliphatic heterocycles. The molecule has 2 heterocycles. The topological polar surface area (TPSA) is 32.3 Å². The van der Waals surface area contributed by atoms with Crippen LogP contribution < -0.4 is 5.32 Å². The Hall–Kier alpha value is -0.570. The van der Waals surface area contributed by atoms with Crippen molar-refractivity contribution in [1.82, 2.24) is 10.2 Å². The molecule has 3 heteroatoms. The molecule has 0 aliphatic carbocycles. The van der Waals surface area contributed by atoms with E-state index in [0.29, 0.717) is 5.91 Å². The van der Waals surface area contributed by atoms with Crippen LogP contribution in [-0.4, -0.2) is 37.0 Å². The van der Waals surface area contributed by atoms with Crippen molar-refractivity contribution in [3.63, 3.8) is 0 Å². The Bertz CT molecular complexity index is 276. The van der Waals surface area contributed by atoms with Crippen molar-refractivity contribution in [2.24, 2.45) is 17.8 Å². The summed E-state index contributed by atoms with van der Waals surface area (Å²) in [5.41, 5.74) is 0. The van der Waals surface area contributed by atoms with Gasteiger partial charge >= 0.3 is 0 Å². The van der Waals surface area contributed by atoms with Crippen molar-refractivity contribution in [1.29, 1.82) is 0 Å². The first-order chi connectivity index (χ1) is 9.16. The molecule has 0 aromatic carbocycles. The third-order valence-electron chi connectivity index (χ3n) is 5.00. The molecule has 0 spiro atoms. The van der Waals surface area contributed by atoms with Crippen molar-refractivity contribution in [2.75, 3.05) is 26.2 Å². The monoisotopic (exact) mass is 266 g/mol. The molecule has 110 valence electrons. The smallest absolute Gasteiger partial charge is 0.222 e. The van der Waals surface area contributed by atoms with Crippen LogP contribution >= 0.6 is 0 Å². The third-order valence-corrected chi connectivity index (χ3v) is 5.00. The Kier molecular flexibility index (Phi) is 5.68. The fourth-order valence-corrected chi connectivity index (χ4v) is 3.47. The molecule has 2 saturated heterocycles. The van der Waals surface area contributed by atoms with Crippen molar-refractivity contribution in [3.05, 3.63) is 0 Å². The minimum atomic E-state index is 0.396. The molecule has 0 radical (unpaired) electrons. The van der Waals surface area contributed by atoms with E-state index in [-0.39, 0.29) is 0 Å². The van der Waals surface area contributed by atoms with Gasteiger partial charge in [0.15, 0.2) is 0 Å². The standard InChI is InChI=1S/C16H30N2O/c1-13(2)15-7-10-18(11-8-15)16(19)6-5-14-4-3-9-17-12-14/h13-15,17H,3-12H2,1-2H3. The highest BCUT2D eigenvalue weighted by Gasteiger charge is 2.25. The summed E-state index contributed by atoms with van der Waals surface area (Å²) in [6.45, 7) is 8.86. The summed E-state index contributed by atoms with van der Waals surface area (Å²) in [5, 5.41) is 3.43. The van der Waals surface area contributed by atoms with Crippen LogP contribution in [0.1, 0.15) is 52.4 Å². The maximum atomic E-state index is 12.2. The van der Waals surface area contributed by atoms with Gasteiger partial charge < -0.3 is 10.2 Å². The summed E-state index contributed by atoms with van der Waals surface area (Å²) in [5.74, 6) is 2.72. The molecule has 0 aromatic heterocycles. The summed E-state index contributed by atoms with van der Waals surface area (Å²) in [7, 11) is 0. The van der Waals surface area contributed by atoms with E-state index in [1.807, 2.05) is 0 Å². The molecule has 3 nitrogen and oxygen atoms in total. The second-order valence-corrected chi connectivity index (χ2v) is 6.71. The number of likely N-dealkylation sites (tertiary alicyclic amines) is 1. The van der Waals surface area contributed by atoms with Crippen LogP contribution in [0.2, 0.25) is 0 Å². The lowest BCUT2D eigenvalue weighted by atomic mass is 9.86. The van der Waals surface area contributed by atoms with Crippen LogP contribution in [0.25, 0.3) is 0 Å². The number of rotatable bonds is 4. The first-order valence-corrected chi connectivity index (χ1v) is 8.15. The van der Waals surface area contributed by atoms with Crippen LogP contribution in [0.4, 0.5) is 0 Å². The van der Waals surface area contributed by atoms with Gasteiger partial charge in [-0.05, 0) is 62.9 Å². The van der Waals surface area contributed by atoms with Gasteiger partial charge in [0, 0.05) is 19.5 Å². The molecule has 0 saturated carbocycles. The van der Waals surface area contributed by atoms with Gasteiger partial charge in [0.1, 0.15) is 0 Å². The zero-order chi connectivity index (χ0) is 13.7. The predicted octanol–water partition coefficient (Wildman–Crippen LogP) is 2.66. The van der Waals surface area contributed by atoms with Crippen LogP contribution in [0.5, 0.6) is 0 Å². The largest absolute Gasteiger partial charge is 0.343 e. The Balaban J connectivity index is 1.66. The lowest BCUT2D eigenvalue weighted by Crippen LogP contribution is -2.40. The number of piperidine rings is 2. The molecule has 2 rings (SSSR count). The maximum Gasteiger partial charge on any atom is 0.222 e. The van der Waals surface area contributed by atoms with E-state index in [2.05, 4.69) is 24.1 Å². The highest BCUT2D eigenvalue weighted by molar-refractivity contribution is 5.76. The minimum Gasteiger partial charge on any atom is -0.343 e. The van der Waals surface area contributed by atoms with Crippen LogP contribution in [-0.2, 0) is 4.79 Å². The number of carbonyl (C=O) groups is 1. The van der Waals surface area contributed by atoms with Gasteiger partial charge in [-0.2, -0.15) is 0 Å². The molecule has 1 N–H and O–H groups in total. The Morgan fingerprint density at radius 3 is 2.58 bits per heavy atom. The molecule has 0 aromatic rings. The van der Waals surface area contributed by atoms with Gasteiger partial charge in [0.05, 0.1) is 0 Å². The van der Waals surface area contributed by atoms with E-state index < -0.39 is 0 Å². The van der Waals surface area contributed by atoms with E-state index in [9.17, 15) is 4.79 Å². The summed E-state index contributed by atoms with van der Waals surface area (Å²) < 4.78 is 0. The van der Waals surface area contributed by atoms with Crippen LogP contribution in [0.15, 0.2) is 0 Å². The number of hydrogen-bond acceptors (Lipinski definition) is 2. The first-order valence-electron chi connectivity index (χ1n) is 8.15.